The molecule has 0 aliphatic heterocycles. The second-order valence-corrected chi connectivity index (χ2v) is 9.07. The maximum absolute atomic E-state index is 10.7. The van der Waals surface area contributed by atoms with E-state index in [9.17, 15) is 4.79 Å². The molecule has 0 aliphatic carbocycles. The van der Waals surface area contributed by atoms with E-state index in [0.29, 0.717) is 0 Å². The summed E-state index contributed by atoms with van der Waals surface area (Å²) < 4.78 is 0. The number of hydrogen-bond acceptors (Lipinski definition) is 1. The van der Waals surface area contributed by atoms with Crippen LogP contribution in [-0.4, -0.2) is 11.6 Å². The minimum atomic E-state index is -0.296. The number of ketones is 1. The Balaban J connectivity index is 2.69. The summed E-state index contributed by atoms with van der Waals surface area (Å²) in [6.07, 6.45) is 0. The largest absolute Gasteiger partial charge is 0.295 e. The third-order valence-electron chi connectivity index (χ3n) is 1.38. The van der Waals surface area contributed by atoms with Crippen LogP contribution < -0.4 is 5.30 Å². The fraction of sp³-hybridized carbons (Fsp3) is 0.111. The molecule has 0 bridgehead atoms. The van der Waals surface area contributed by atoms with Gasteiger partial charge in [0, 0.05) is 5.80 Å². The minimum Gasteiger partial charge on any atom is -0.295 e. The number of rotatable bonds is 3. The number of carbonyl (C=O) groups excluding carboxylic acids is 1. The molecule has 1 rings (SSSR count). The molecular formula is C9H11OP3. The molecule has 1 nitrogen and oxygen atoms in total. The first-order valence-electron chi connectivity index (χ1n) is 3.84. The summed E-state index contributed by atoms with van der Waals surface area (Å²) in [4.78, 5) is 10.7. The maximum atomic E-state index is 10.7. The molecule has 0 N–H and O–H groups in total. The van der Waals surface area contributed by atoms with E-state index >= 15 is 0 Å². The molecule has 0 radical (unpaired) electrons. The van der Waals surface area contributed by atoms with Crippen LogP contribution in [-0.2, 0) is 4.79 Å². The van der Waals surface area contributed by atoms with Gasteiger partial charge in [-0.25, -0.2) is 0 Å². The van der Waals surface area contributed by atoms with Crippen LogP contribution in [0.2, 0.25) is 0 Å². The van der Waals surface area contributed by atoms with Crippen LogP contribution in [0.15, 0.2) is 30.3 Å². The number of hydrogen-bond donors (Lipinski definition) is 0. The van der Waals surface area contributed by atoms with E-state index in [-0.39, 0.29) is 13.1 Å². The average molecular weight is 228 g/mol. The van der Waals surface area contributed by atoms with E-state index in [2.05, 4.69) is 21.1 Å². The van der Waals surface area contributed by atoms with Crippen LogP contribution in [0.3, 0.4) is 0 Å². The standard InChI is InChI=1S/C9H11OP3/c1-8(10)7-12-13(11)9-5-3-2-4-6-9/h2-7H,11H2,1H3. The van der Waals surface area contributed by atoms with E-state index in [1.165, 1.54) is 5.30 Å². The molecule has 2 unspecified atom stereocenters. The molecule has 2 atom stereocenters. The SMILES string of the molecule is CC(=O)C=PP(P)c1ccccc1. The van der Waals surface area contributed by atoms with Gasteiger partial charge >= 0.3 is 0 Å². The Bertz CT molecular complexity index is 308. The van der Waals surface area contributed by atoms with Gasteiger partial charge in [0.1, 0.15) is 0 Å². The predicted octanol–water partition coefficient (Wildman–Crippen LogP) is 2.84. The first kappa shape index (κ1) is 11.0. The molecule has 1 aromatic rings. The third kappa shape index (κ3) is 4.10. The zero-order chi connectivity index (χ0) is 9.68. The van der Waals surface area contributed by atoms with Crippen LogP contribution in [0, 0.1) is 0 Å². The van der Waals surface area contributed by atoms with Crippen molar-refractivity contribution >= 4 is 41.0 Å². The molecular weight excluding hydrogens is 217 g/mol. The Morgan fingerprint density at radius 3 is 2.62 bits per heavy atom. The molecule has 4 heteroatoms. The van der Waals surface area contributed by atoms with Crippen LogP contribution in [0.5, 0.6) is 0 Å². The Kier molecular flexibility index (Phi) is 4.74. The maximum Gasteiger partial charge on any atom is 0.157 e. The van der Waals surface area contributed by atoms with Crippen molar-refractivity contribution in [2.24, 2.45) is 0 Å². The fourth-order valence-electron chi connectivity index (χ4n) is 0.791. The highest BCUT2D eigenvalue weighted by Gasteiger charge is 1.99. The van der Waals surface area contributed by atoms with Gasteiger partial charge in [0.25, 0.3) is 0 Å². The molecule has 68 valence electrons. The lowest BCUT2D eigenvalue weighted by Crippen LogP contribution is -1.91. The average Bonchev–Trinajstić information content (AvgIpc) is 2.15. The van der Waals surface area contributed by atoms with Crippen LogP contribution in [0.25, 0.3) is 0 Å². The normalized spacial score (nSPS) is 13.1. The summed E-state index contributed by atoms with van der Waals surface area (Å²) in [5.41, 5.74) is 0. The van der Waals surface area contributed by atoms with E-state index in [1.807, 2.05) is 18.2 Å². The highest BCUT2D eigenvalue weighted by atomic mass is 32.4. The Morgan fingerprint density at radius 2 is 2.08 bits per heavy atom. The molecule has 0 heterocycles. The van der Waals surface area contributed by atoms with Crippen LogP contribution in [0.4, 0.5) is 0 Å². The summed E-state index contributed by atoms with van der Waals surface area (Å²) in [6, 6.07) is 10.2. The van der Waals surface area contributed by atoms with E-state index in [0.717, 1.165) is 7.89 Å². The van der Waals surface area contributed by atoms with E-state index in [4.69, 9.17) is 0 Å². The number of benzene rings is 1. The Morgan fingerprint density at radius 1 is 1.46 bits per heavy atom. The zero-order valence-corrected chi connectivity index (χ0v) is 10.3. The van der Waals surface area contributed by atoms with Crippen LogP contribution >= 0.6 is 24.1 Å². The molecule has 0 aromatic heterocycles. The molecule has 0 aliphatic rings. The molecule has 0 saturated carbocycles. The zero-order valence-electron chi connectivity index (χ0n) is 7.34. The summed E-state index contributed by atoms with van der Waals surface area (Å²) in [7, 11) is 3.62. The summed E-state index contributed by atoms with van der Waals surface area (Å²) >= 11 is 0. The van der Waals surface area contributed by atoms with Crippen LogP contribution in [0.1, 0.15) is 6.92 Å². The van der Waals surface area contributed by atoms with Crippen molar-refractivity contribution in [1.29, 1.82) is 0 Å². The Labute approximate surface area is 83.5 Å². The van der Waals surface area contributed by atoms with Crippen molar-refractivity contribution in [3.8, 4) is 0 Å². The number of Topliss-reactive ketones (excluding diaryl/α,β-unsaturated/α-hetero) is 1. The third-order valence-corrected chi connectivity index (χ3v) is 6.82. The second-order valence-electron chi connectivity index (χ2n) is 2.54. The molecule has 0 fully saturated rings. The number of carbonyl (C=O) groups is 1. The van der Waals surface area contributed by atoms with Gasteiger partial charge in [-0.1, -0.05) is 47.2 Å². The van der Waals surface area contributed by atoms with Gasteiger partial charge in [0.2, 0.25) is 0 Å². The molecule has 13 heavy (non-hydrogen) atoms. The quantitative estimate of drug-likeness (QED) is 0.727. The highest BCUT2D eigenvalue weighted by molar-refractivity contribution is 8.50. The molecule has 1 aromatic carbocycles. The van der Waals surface area contributed by atoms with Gasteiger partial charge in [0.15, 0.2) is 5.78 Å². The van der Waals surface area contributed by atoms with Crippen molar-refractivity contribution in [1.82, 2.24) is 0 Å². The van der Waals surface area contributed by atoms with E-state index < -0.39 is 0 Å². The highest BCUT2D eigenvalue weighted by Crippen LogP contribution is 2.55. The first-order valence-corrected chi connectivity index (χ1v) is 8.47. The van der Waals surface area contributed by atoms with Gasteiger partial charge in [-0.3, -0.25) is 4.79 Å². The first-order chi connectivity index (χ1) is 6.20. The molecule has 0 spiro atoms. The van der Waals surface area contributed by atoms with Gasteiger partial charge in [-0.05, 0) is 19.5 Å². The van der Waals surface area contributed by atoms with Crippen molar-refractivity contribution in [2.75, 3.05) is 0 Å². The Hall–Kier alpha value is -0.0800. The lowest BCUT2D eigenvalue weighted by Gasteiger charge is -2.04. The van der Waals surface area contributed by atoms with Gasteiger partial charge in [-0.2, -0.15) is 0 Å². The molecule has 0 saturated heterocycles. The molecule has 0 amide bonds. The van der Waals surface area contributed by atoms with Crippen molar-refractivity contribution in [3.05, 3.63) is 30.3 Å². The van der Waals surface area contributed by atoms with Crippen molar-refractivity contribution < 1.29 is 4.79 Å². The topological polar surface area (TPSA) is 17.1 Å². The monoisotopic (exact) mass is 228 g/mol. The smallest absolute Gasteiger partial charge is 0.157 e. The summed E-state index contributed by atoms with van der Waals surface area (Å²) in [5.74, 6) is 1.87. The van der Waals surface area contributed by atoms with Gasteiger partial charge in [-0.15, -0.1) is 0 Å². The van der Waals surface area contributed by atoms with Crippen molar-refractivity contribution in [2.45, 2.75) is 6.92 Å². The van der Waals surface area contributed by atoms with Gasteiger partial charge < -0.3 is 0 Å². The lowest BCUT2D eigenvalue weighted by molar-refractivity contribution is -0.110. The fourth-order valence-corrected chi connectivity index (χ4v) is 4.47. The van der Waals surface area contributed by atoms with E-state index in [1.54, 1.807) is 12.7 Å². The predicted molar refractivity (Wildman–Crippen MR) is 66.4 cm³/mol. The lowest BCUT2D eigenvalue weighted by atomic mass is 10.4. The minimum absolute atomic E-state index is 0.146. The summed E-state index contributed by atoms with van der Waals surface area (Å²) in [5, 5.41) is 1.31. The van der Waals surface area contributed by atoms with Gasteiger partial charge in [0.05, 0.1) is 0 Å². The van der Waals surface area contributed by atoms with Crippen molar-refractivity contribution in [3.63, 3.8) is 0 Å². The second kappa shape index (κ2) is 5.61. The summed E-state index contributed by atoms with van der Waals surface area (Å²) in [6.45, 7) is 1.59.